The van der Waals surface area contributed by atoms with Crippen LogP contribution in [0.5, 0.6) is 17.2 Å². The molecule has 0 atom stereocenters. The molecule has 3 aromatic rings. The Hall–Kier alpha value is -3.76. The van der Waals surface area contributed by atoms with E-state index in [2.05, 4.69) is 15.5 Å². The van der Waals surface area contributed by atoms with E-state index in [1.807, 2.05) is 30.3 Å². The molecular weight excluding hydrogens is 430 g/mol. The number of aromatic amines is 1. The van der Waals surface area contributed by atoms with Crippen molar-refractivity contribution in [3.63, 3.8) is 0 Å². The van der Waals surface area contributed by atoms with Crippen molar-refractivity contribution in [3.8, 4) is 17.2 Å². The number of ether oxygens (including phenoxy) is 6. The average Bonchev–Trinajstić information content (AvgIpc) is 3.27. The first-order valence-corrected chi connectivity index (χ1v) is 10.0. The van der Waals surface area contributed by atoms with Crippen molar-refractivity contribution < 1.29 is 33.2 Å². The van der Waals surface area contributed by atoms with E-state index in [1.165, 1.54) is 21.3 Å². The van der Waals surface area contributed by atoms with Gasteiger partial charge in [-0.25, -0.2) is 4.79 Å². The van der Waals surface area contributed by atoms with E-state index >= 15 is 0 Å². The number of carbonyl (C=O) groups excluding carboxylic acids is 1. The summed E-state index contributed by atoms with van der Waals surface area (Å²) in [7, 11) is 5.92. The van der Waals surface area contributed by atoms with Gasteiger partial charge in [0.15, 0.2) is 13.6 Å². The number of hydrogen-bond acceptors (Lipinski definition) is 9. The van der Waals surface area contributed by atoms with Gasteiger partial charge in [-0.15, -0.1) is 0 Å². The number of aromatic nitrogens is 2. The lowest BCUT2D eigenvalue weighted by Crippen LogP contribution is -2.11. The van der Waals surface area contributed by atoms with Crippen LogP contribution in [0, 0.1) is 0 Å². The highest BCUT2D eigenvalue weighted by Gasteiger charge is 2.22. The van der Waals surface area contributed by atoms with Crippen LogP contribution in [0.25, 0.3) is 0 Å². The monoisotopic (exact) mass is 457 g/mol. The van der Waals surface area contributed by atoms with E-state index in [0.29, 0.717) is 23.7 Å². The molecule has 3 rings (SSSR count). The number of esters is 1. The SMILES string of the molecule is COCOc1cc(Nc2cc(Cc3ccc(OC)cc3)n[nH]2)c(C(=O)OC)c(OCOC)c1. The summed E-state index contributed by atoms with van der Waals surface area (Å²) in [6, 6.07) is 12.8. The number of anilines is 2. The molecule has 0 amide bonds. The number of rotatable bonds is 12. The van der Waals surface area contributed by atoms with Crippen molar-refractivity contribution in [1.82, 2.24) is 10.2 Å². The maximum absolute atomic E-state index is 12.5. The zero-order chi connectivity index (χ0) is 23.6. The van der Waals surface area contributed by atoms with Gasteiger partial charge in [-0.1, -0.05) is 12.1 Å². The molecule has 2 aromatic carbocycles. The molecule has 0 aliphatic heterocycles. The second kappa shape index (κ2) is 11.7. The molecule has 0 aliphatic rings. The Labute approximate surface area is 191 Å². The highest BCUT2D eigenvalue weighted by Crippen LogP contribution is 2.35. The molecule has 2 N–H and O–H groups in total. The summed E-state index contributed by atoms with van der Waals surface area (Å²) in [5.74, 6) is 1.44. The lowest BCUT2D eigenvalue weighted by atomic mass is 10.1. The summed E-state index contributed by atoms with van der Waals surface area (Å²) in [6.07, 6.45) is 0.616. The average molecular weight is 457 g/mol. The number of nitrogens with one attached hydrogen (secondary N) is 2. The smallest absolute Gasteiger partial charge is 0.343 e. The normalized spacial score (nSPS) is 10.5. The minimum absolute atomic E-state index is 0.0246. The molecular formula is C23H27N3O7. The molecule has 0 spiro atoms. The Morgan fingerprint density at radius 2 is 1.67 bits per heavy atom. The van der Waals surface area contributed by atoms with Crippen LogP contribution in [-0.2, 0) is 20.6 Å². The third kappa shape index (κ3) is 6.37. The third-order valence-electron chi connectivity index (χ3n) is 4.59. The largest absolute Gasteiger partial charge is 0.497 e. The van der Waals surface area contributed by atoms with E-state index in [-0.39, 0.29) is 24.9 Å². The Kier molecular flexibility index (Phi) is 8.50. The quantitative estimate of drug-likeness (QED) is 0.312. The van der Waals surface area contributed by atoms with Crippen LogP contribution in [0.1, 0.15) is 21.6 Å². The Bertz CT molecular complexity index is 1050. The predicted octanol–water partition coefficient (Wildman–Crippen LogP) is 3.50. The van der Waals surface area contributed by atoms with Gasteiger partial charge < -0.3 is 33.7 Å². The molecule has 176 valence electrons. The van der Waals surface area contributed by atoms with Gasteiger partial charge in [-0.3, -0.25) is 5.10 Å². The van der Waals surface area contributed by atoms with Gasteiger partial charge in [-0.05, 0) is 17.7 Å². The zero-order valence-corrected chi connectivity index (χ0v) is 19.0. The lowest BCUT2D eigenvalue weighted by Gasteiger charge is -2.17. The maximum atomic E-state index is 12.5. The van der Waals surface area contributed by atoms with Crippen molar-refractivity contribution in [2.24, 2.45) is 0 Å². The van der Waals surface area contributed by atoms with E-state index in [0.717, 1.165) is 17.0 Å². The summed E-state index contributed by atoms with van der Waals surface area (Å²) in [6.45, 7) is -0.0377. The minimum atomic E-state index is -0.583. The van der Waals surface area contributed by atoms with Gasteiger partial charge in [0.05, 0.1) is 25.6 Å². The molecule has 0 saturated carbocycles. The van der Waals surface area contributed by atoms with Crippen LogP contribution in [0.2, 0.25) is 0 Å². The van der Waals surface area contributed by atoms with Gasteiger partial charge in [0.2, 0.25) is 0 Å². The van der Waals surface area contributed by atoms with Crippen molar-refractivity contribution in [2.45, 2.75) is 6.42 Å². The molecule has 0 fully saturated rings. The van der Waals surface area contributed by atoms with Crippen LogP contribution in [0.4, 0.5) is 11.5 Å². The number of hydrogen-bond donors (Lipinski definition) is 2. The van der Waals surface area contributed by atoms with Crippen molar-refractivity contribution >= 4 is 17.5 Å². The second-order valence-electron chi connectivity index (χ2n) is 6.86. The fraction of sp³-hybridized carbons (Fsp3) is 0.304. The van der Waals surface area contributed by atoms with Crippen LogP contribution < -0.4 is 19.5 Å². The fourth-order valence-electron chi connectivity index (χ4n) is 3.06. The first-order valence-electron chi connectivity index (χ1n) is 10.0. The topological polar surface area (TPSA) is 113 Å². The number of benzene rings is 2. The van der Waals surface area contributed by atoms with E-state index in [9.17, 15) is 4.79 Å². The molecule has 10 nitrogen and oxygen atoms in total. The summed E-state index contributed by atoms with van der Waals surface area (Å²) < 4.78 is 31.3. The van der Waals surface area contributed by atoms with Gasteiger partial charge >= 0.3 is 5.97 Å². The Morgan fingerprint density at radius 1 is 0.939 bits per heavy atom. The summed E-state index contributed by atoms with van der Waals surface area (Å²) in [5.41, 5.74) is 2.48. The minimum Gasteiger partial charge on any atom is -0.497 e. The highest BCUT2D eigenvalue weighted by atomic mass is 16.7. The van der Waals surface area contributed by atoms with Gasteiger partial charge in [0.25, 0.3) is 0 Å². The Morgan fingerprint density at radius 3 is 2.33 bits per heavy atom. The zero-order valence-electron chi connectivity index (χ0n) is 19.0. The first-order chi connectivity index (χ1) is 16.1. The molecule has 33 heavy (non-hydrogen) atoms. The van der Waals surface area contributed by atoms with Crippen LogP contribution in [0.3, 0.4) is 0 Å². The summed E-state index contributed by atoms with van der Waals surface area (Å²) >= 11 is 0. The molecule has 10 heteroatoms. The van der Waals surface area contributed by atoms with Crippen molar-refractivity contribution in [1.29, 1.82) is 0 Å². The number of nitrogens with zero attached hydrogens (tertiary/aromatic N) is 1. The van der Waals surface area contributed by atoms with Crippen LogP contribution in [0.15, 0.2) is 42.5 Å². The molecule has 1 heterocycles. The standard InChI is InChI=1S/C23H27N3O7/c1-28-13-32-18-11-19(22(23(27)31-4)20(12-18)33-14-29-2)24-21-10-16(25-26-21)9-15-5-7-17(30-3)8-6-15/h5-8,10-12H,9,13-14H2,1-4H3,(H2,24,25,26). The van der Waals surface area contributed by atoms with E-state index < -0.39 is 5.97 Å². The lowest BCUT2D eigenvalue weighted by molar-refractivity contribution is 0.0436. The second-order valence-corrected chi connectivity index (χ2v) is 6.86. The van der Waals surface area contributed by atoms with Gasteiger partial charge in [0, 0.05) is 38.8 Å². The number of H-pyrrole nitrogens is 1. The number of methoxy groups -OCH3 is 4. The molecule has 0 radical (unpaired) electrons. The molecule has 1 aromatic heterocycles. The molecule has 0 bridgehead atoms. The maximum Gasteiger partial charge on any atom is 0.343 e. The predicted molar refractivity (Wildman–Crippen MR) is 120 cm³/mol. The first kappa shape index (κ1) is 23.9. The van der Waals surface area contributed by atoms with Crippen molar-refractivity contribution in [2.75, 3.05) is 47.3 Å². The van der Waals surface area contributed by atoms with E-state index in [1.54, 1.807) is 19.2 Å². The summed E-state index contributed by atoms with van der Waals surface area (Å²) in [4.78, 5) is 12.5. The van der Waals surface area contributed by atoms with E-state index in [4.69, 9.17) is 28.4 Å². The molecule has 0 unspecified atom stereocenters. The third-order valence-corrected chi connectivity index (χ3v) is 4.59. The summed E-state index contributed by atoms with van der Waals surface area (Å²) in [5, 5.41) is 10.5. The molecule has 0 saturated heterocycles. The fourth-order valence-corrected chi connectivity index (χ4v) is 3.06. The van der Waals surface area contributed by atoms with Crippen LogP contribution >= 0.6 is 0 Å². The molecule has 0 aliphatic carbocycles. The van der Waals surface area contributed by atoms with Crippen molar-refractivity contribution in [3.05, 3.63) is 59.3 Å². The van der Waals surface area contributed by atoms with Crippen LogP contribution in [-0.4, -0.2) is 58.2 Å². The highest BCUT2D eigenvalue weighted by molar-refractivity contribution is 5.99. The number of carbonyl (C=O) groups is 1. The Balaban J connectivity index is 1.87. The van der Waals surface area contributed by atoms with Gasteiger partial charge in [0.1, 0.15) is 28.6 Å². The van der Waals surface area contributed by atoms with Gasteiger partial charge in [-0.2, -0.15) is 5.10 Å².